The van der Waals surface area contributed by atoms with Gasteiger partial charge in [0, 0.05) is 0 Å². The van der Waals surface area contributed by atoms with E-state index >= 15 is 0 Å². The van der Waals surface area contributed by atoms with Crippen LogP contribution in [0.15, 0.2) is 84.9 Å². The second kappa shape index (κ2) is 23.6. The molecule has 0 aliphatic carbocycles. The van der Waals surface area contributed by atoms with Crippen LogP contribution in [0.25, 0.3) is 0 Å². The Morgan fingerprint density at radius 2 is 0.523 bits per heavy atom. The summed E-state index contributed by atoms with van der Waals surface area (Å²) in [7, 11) is 0. The van der Waals surface area contributed by atoms with E-state index in [1.807, 2.05) is 12.1 Å². The van der Waals surface area contributed by atoms with Crippen molar-refractivity contribution in [1.29, 1.82) is 0 Å². The fourth-order valence-electron chi connectivity index (χ4n) is 12.1. The molecule has 86 heavy (non-hydrogen) atoms. The first-order chi connectivity index (χ1) is 39.9. The van der Waals surface area contributed by atoms with Gasteiger partial charge in [0.25, 0.3) is 0 Å². The third-order valence-electron chi connectivity index (χ3n) is 17.8. The monoisotopic (exact) mass is 1230 g/mol. The molecule has 0 unspecified atom stereocenters. The van der Waals surface area contributed by atoms with E-state index in [0.717, 1.165) is 134 Å². The van der Waals surface area contributed by atoms with Crippen LogP contribution in [-0.2, 0) is 84.2 Å². The number of unbranched alkanes of at least 4 members (excludes halogenated alkanes) is 1. The molecule has 2 heterocycles. The summed E-state index contributed by atoms with van der Waals surface area (Å²) in [6, 6.07) is 29.8. The van der Waals surface area contributed by atoms with Gasteiger partial charge in [-0.25, -0.2) is 0 Å². The van der Waals surface area contributed by atoms with E-state index in [0.29, 0.717) is 37.2 Å². The molecule has 12 bridgehead atoms. The third kappa shape index (κ3) is 14.0. The van der Waals surface area contributed by atoms with E-state index in [1.165, 1.54) is 0 Å². The van der Waals surface area contributed by atoms with Gasteiger partial charge in [-0.1, -0.05) is 0 Å². The number of fused-ring (bicyclic) bond motifs is 10. The van der Waals surface area contributed by atoms with Crippen LogP contribution in [0, 0.1) is 0 Å². The number of hydrogen-bond donors (Lipinski definition) is 5. The molecule has 8 heteroatoms. The Balaban J connectivity index is 1.49. The third-order valence-corrected chi connectivity index (χ3v) is 20.5. The van der Waals surface area contributed by atoms with Gasteiger partial charge < -0.3 is 0 Å². The van der Waals surface area contributed by atoms with E-state index in [2.05, 4.69) is 204 Å². The Morgan fingerprint density at radius 3 is 0.733 bits per heavy atom. The molecule has 7 nitrogen and oxygen atoms in total. The fraction of sp³-hybridized carbons (Fsp3) is 0.462. The van der Waals surface area contributed by atoms with Gasteiger partial charge >= 0.3 is 525 Å². The second-order valence-electron chi connectivity index (χ2n) is 31.3. The number of phenolic OH excluding ortho intramolecular Hbond substituents is 5. The van der Waals surface area contributed by atoms with Crippen molar-refractivity contribution in [1.82, 2.24) is 0 Å². The molecule has 0 radical (unpaired) electrons. The van der Waals surface area contributed by atoms with Crippen LogP contribution in [0.1, 0.15) is 256 Å². The summed E-state index contributed by atoms with van der Waals surface area (Å²) < 4.78 is 16.0. The zero-order valence-corrected chi connectivity index (χ0v) is 57.0. The Bertz CT molecular complexity index is 3300. The summed E-state index contributed by atoms with van der Waals surface area (Å²) in [5.74, 6) is 2.15. The predicted molar refractivity (Wildman–Crippen MR) is 356 cm³/mol. The maximum absolute atomic E-state index is 13.0. The van der Waals surface area contributed by atoms with E-state index in [1.54, 1.807) is 0 Å². The van der Waals surface area contributed by atoms with Gasteiger partial charge in [0.1, 0.15) is 0 Å². The molecule has 5 N–H and O–H groups in total. The molecule has 9 rings (SSSR count). The number of aromatic hydroxyl groups is 5. The average Bonchev–Trinajstić information content (AvgIpc) is 1.23. The van der Waals surface area contributed by atoms with E-state index in [4.69, 9.17) is 9.47 Å². The minimum absolute atomic E-state index is 0.0328. The van der Waals surface area contributed by atoms with Crippen molar-refractivity contribution in [3.63, 3.8) is 0 Å². The summed E-state index contributed by atoms with van der Waals surface area (Å²) in [5.41, 5.74) is 15.8. The molecule has 0 saturated carbocycles. The van der Waals surface area contributed by atoms with Crippen LogP contribution in [0.2, 0.25) is 5.32 Å². The first-order valence-corrected chi connectivity index (χ1v) is 33.4. The fourth-order valence-corrected chi connectivity index (χ4v) is 14.7. The van der Waals surface area contributed by atoms with Crippen LogP contribution in [-0.4, -0.2) is 40.5 Å². The Labute approximate surface area is 521 Å². The van der Waals surface area contributed by atoms with Crippen LogP contribution >= 0.6 is 0 Å². The molecule has 2 aliphatic heterocycles. The van der Waals surface area contributed by atoms with Crippen molar-refractivity contribution in [2.75, 3.05) is 0 Å². The zero-order valence-electron chi connectivity index (χ0n) is 55.3. The van der Waals surface area contributed by atoms with Gasteiger partial charge in [-0.3, -0.25) is 0 Å². The molecule has 2 aliphatic rings. The average molecular weight is 1230 g/mol. The molecule has 458 valence electrons. The zero-order chi connectivity index (χ0) is 63.0. The van der Waals surface area contributed by atoms with Gasteiger partial charge in [-0.15, -0.1) is 0 Å². The van der Waals surface area contributed by atoms with Crippen molar-refractivity contribution >= 4 is 19.4 Å². The Morgan fingerprint density at radius 1 is 0.314 bits per heavy atom. The molecule has 0 fully saturated rings. The number of rotatable bonds is 4. The van der Waals surface area contributed by atoms with Crippen molar-refractivity contribution in [2.24, 2.45) is 0 Å². The maximum atomic E-state index is 13.0. The molecular weight excluding hydrogens is 1130 g/mol. The summed E-state index contributed by atoms with van der Waals surface area (Å²) >= 11 is -0.0328. The molecule has 0 amide bonds. The first kappa shape index (κ1) is 64.1. The molecule has 7 aromatic rings. The first-order valence-electron chi connectivity index (χ1n) is 31.3. The molecule has 0 atom stereocenters. The molecule has 0 aromatic heterocycles. The molecule has 7 aromatic carbocycles. The minimum atomic E-state index is -0.318. The number of phenols is 5. The van der Waals surface area contributed by atoms with Gasteiger partial charge in [0.2, 0.25) is 0 Å². The van der Waals surface area contributed by atoms with Crippen molar-refractivity contribution in [3.8, 4) is 40.2 Å². The predicted octanol–water partition coefficient (Wildman–Crippen LogP) is 17.9. The topological polar surface area (TPSA) is 120 Å². The summed E-state index contributed by atoms with van der Waals surface area (Å²) in [6.45, 7) is 42.3. The quantitative estimate of drug-likeness (QED) is 0.0879. The molecule has 0 saturated heterocycles. The standard InChI is InChI=1S/C78H98O7Se/c1-20-21-22-86-72-57-41-65(79)42-58(72)44-85-71-55-26-50-34-60(74(5,6)7)30-46(67(50)81)23-45-29-59(73(2,3)4)33-49(66(45)80)25-53-37-63(77(14,15)16)38-54(70(53)84-43-57)27-51-35-61(75(8,9)10)31-47(68(51)82)24-48-32-62(76(11,12)13)36-52(69(48)83)28-56(71)40-64(39-55)78(17,18)19/h29-42,79-83H,20-28,43-44H2,1-19H3. The van der Waals surface area contributed by atoms with Crippen LogP contribution in [0.4, 0.5) is 0 Å². The second-order valence-corrected chi connectivity index (χ2v) is 33.6. The SMILES string of the molecule is CCCC[Se]c1c2cc(O)cc1COc1c3cc(C(C)(C)C)cc1Cc1cc(C(C)(C)C)cc(c1O)Cc1cc(C(C)(C)C)cc(c1O)Cc1cc(C(C)(C)C)cc(c1OC2)Cc1cc(C(C)(C)C)cc(c1O)Cc1cc(C(C)(C)C)cc(c1O)C3. The van der Waals surface area contributed by atoms with E-state index in [-0.39, 0.29) is 102 Å². The van der Waals surface area contributed by atoms with Gasteiger partial charge in [0.05, 0.1) is 0 Å². The molecule has 0 spiro atoms. The van der Waals surface area contributed by atoms with Crippen LogP contribution in [0.5, 0.6) is 40.2 Å². The van der Waals surface area contributed by atoms with Crippen molar-refractivity contribution in [2.45, 2.75) is 234 Å². The normalized spacial score (nSPS) is 14.5. The summed E-state index contributed by atoms with van der Waals surface area (Å²) in [4.78, 5) is 0. The van der Waals surface area contributed by atoms with Crippen LogP contribution < -0.4 is 13.9 Å². The van der Waals surface area contributed by atoms with Gasteiger partial charge in [0.15, 0.2) is 0 Å². The van der Waals surface area contributed by atoms with E-state index in [9.17, 15) is 25.5 Å². The Kier molecular flexibility index (Phi) is 17.6. The van der Waals surface area contributed by atoms with Crippen molar-refractivity contribution < 1.29 is 35.0 Å². The Hall–Kier alpha value is -6.34. The van der Waals surface area contributed by atoms with Crippen LogP contribution in [0.3, 0.4) is 0 Å². The van der Waals surface area contributed by atoms with Gasteiger partial charge in [-0.05, 0) is 0 Å². The van der Waals surface area contributed by atoms with Gasteiger partial charge in [-0.2, -0.15) is 0 Å². The number of benzene rings is 7. The summed E-state index contributed by atoms with van der Waals surface area (Å²) in [5, 5.41) is 65.0. The molecular formula is C78H98O7Se. The van der Waals surface area contributed by atoms with Crippen molar-refractivity contribution in [3.05, 3.63) is 196 Å². The number of hydrogen-bond acceptors (Lipinski definition) is 7. The van der Waals surface area contributed by atoms with E-state index < -0.39 is 0 Å². The summed E-state index contributed by atoms with van der Waals surface area (Å²) in [6.07, 6.45) is 3.92. The number of ether oxygens (including phenoxy) is 2.